The summed E-state index contributed by atoms with van der Waals surface area (Å²) in [5.74, 6) is 1.66. The van der Waals surface area contributed by atoms with Gasteiger partial charge >= 0.3 is 0 Å². The van der Waals surface area contributed by atoms with Gasteiger partial charge in [0, 0.05) is 25.5 Å². The van der Waals surface area contributed by atoms with Gasteiger partial charge in [-0.3, -0.25) is 0 Å². The maximum Gasteiger partial charge on any atom is 0.153 e. The number of nitrogens with one attached hydrogen (secondary N) is 1. The Hall–Kier alpha value is -1.84. The minimum atomic E-state index is 0.823. The third-order valence-electron chi connectivity index (χ3n) is 1.73. The van der Waals surface area contributed by atoms with Gasteiger partial charge in [-0.15, -0.1) is 5.10 Å². The first kappa shape index (κ1) is 7.79. The zero-order chi connectivity index (χ0) is 9.10. The van der Waals surface area contributed by atoms with Crippen molar-refractivity contribution in [2.45, 2.75) is 0 Å². The van der Waals surface area contributed by atoms with Crippen LogP contribution in [-0.2, 0) is 0 Å². The molecular weight excluding hydrogens is 164 g/mol. The van der Waals surface area contributed by atoms with Crippen LogP contribution >= 0.6 is 0 Å². The molecule has 2 rings (SSSR count). The zero-order valence-corrected chi connectivity index (χ0v) is 7.31. The van der Waals surface area contributed by atoms with Crippen LogP contribution < -0.4 is 5.32 Å². The number of nitrogens with zero attached hydrogens (tertiary/aromatic N) is 3. The molecule has 4 heteroatoms. The van der Waals surface area contributed by atoms with E-state index in [1.807, 2.05) is 37.5 Å². The molecule has 66 valence electrons. The third kappa shape index (κ3) is 1.51. The van der Waals surface area contributed by atoms with Gasteiger partial charge in [-0.25, -0.2) is 9.67 Å². The van der Waals surface area contributed by atoms with Gasteiger partial charge in [0.1, 0.15) is 5.82 Å². The molecule has 0 amide bonds. The van der Waals surface area contributed by atoms with Crippen LogP contribution in [0.25, 0.3) is 5.82 Å². The first-order valence-electron chi connectivity index (χ1n) is 4.05. The van der Waals surface area contributed by atoms with E-state index in [0.29, 0.717) is 0 Å². The standard InChI is InChI=1S/C9H10N4/c1-10-8-5-7-13(12-8)9-4-2-3-6-11-9/h2-7H,1H3,(H,10,12). The summed E-state index contributed by atoms with van der Waals surface area (Å²) in [6.07, 6.45) is 3.62. The fourth-order valence-corrected chi connectivity index (χ4v) is 1.07. The van der Waals surface area contributed by atoms with Crippen LogP contribution in [0, 0.1) is 0 Å². The van der Waals surface area contributed by atoms with E-state index < -0.39 is 0 Å². The van der Waals surface area contributed by atoms with Crippen molar-refractivity contribution in [3.8, 4) is 5.82 Å². The van der Waals surface area contributed by atoms with Crippen molar-refractivity contribution in [2.24, 2.45) is 0 Å². The van der Waals surface area contributed by atoms with Crippen molar-refractivity contribution in [3.05, 3.63) is 36.7 Å². The molecule has 4 nitrogen and oxygen atoms in total. The first-order chi connectivity index (χ1) is 6.40. The third-order valence-corrected chi connectivity index (χ3v) is 1.73. The molecule has 0 atom stereocenters. The van der Waals surface area contributed by atoms with E-state index in [2.05, 4.69) is 15.4 Å². The van der Waals surface area contributed by atoms with Gasteiger partial charge in [0.2, 0.25) is 0 Å². The van der Waals surface area contributed by atoms with E-state index in [4.69, 9.17) is 0 Å². The Morgan fingerprint density at radius 2 is 2.23 bits per heavy atom. The van der Waals surface area contributed by atoms with Crippen LogP contribution in [0.15, 0.2) is 36.7 Å². The average Bonchev–Trinajstić information content (AvgIpc) is 2.67. The molecule has 2 heterocycles. The van der Waals surface area contributed by atoms with Crippen molar-refractivity contribution < 1.29 is 0 Å². The van der Waals surface area contributed by atoms with Crippen LogP contribution in [0.1, 0.15) is 0 Å². The minimum absolute atomic E-state index is 0.823. The maximum atomic E-state index is 4.24. The SMILES string of the molecule is CNc1ccn(-c2ccccn2)n1. The fraction of sp³-hybridized carbons (Fsp3) is 0.111. The lowest BCUT2D eigenvalue weighted by Crippen LogP contribution is -1.98. The Bertz CT molecular complexity index is 380. The van der Waals surface area contributed by atoms with Gasteiger partial charge in [0.25, 0.3) is 0 Å². The highest BCUT2D eigenvalue weighted by Crippen LogP contribution is 2.05. The summed E-state index contributed by atoms with van der Waals surface area (Å²) in [4.78, 5) is 4.17. The predicted octanol–water partition coefficient (Wildman–Crippen LogP) is 1.31. The lowest BCUT2D eigenvalue weighted by Gasteiger charge is -1.97. The smallest absolute Gasteiger partial charge is 0.153 e. The normalized spacial score (nSPS) is 9.92. The quantitative estimate of drug-likeness (QED) is 0.746. The van der Waals surface area contributed by atoms with Crippen molar-refractivity contribution in [1.29, 1.82) is 0 Å². The maximum absolute atomic E-state index is 4.24. The Kier molecular flexibility index (Phi) is 1.96. The van der Waals surface area contributed by atoms with Gasteiger partial charge in [-0.05, 0) is 12.1 Å². The summed E-state index contributed by atoms with van der Waals surface area (Å²) in [5, 5.41) is 7.20. The number of hydrogen-bond acceptors (Lipinski definition) is 3. The highest BCUT2D eigenvalue weighted by atomic mass is 15.3. The van der Waals surface area contributed by atoms with Crippen LogP contribution in [0.3, 0.4) is 0 Å². The van der Waals surface area contributed by atoms with Crippen molar-refractivity contribution in [3.63, 3.8) is 0 Å². The summed E-state index contributed by atoms with van der Waals surface area (Å²) in [5.41, 5.74) is 0. The molecule has 0 spiro atoms. The summed E-state index contributed by atoms with van der Waals surface area (Å²) < 4.78 is 1.73. The summed E-state index contributed by atoms with van der Waals surface area (Å²) >= 11 is 0. The van der Waals surface area contributed by atoms with E-state index in [1.165, 1.54) is 0 Å². The Balaban J connectivity index is 2.36. The number of rotatable bonds is 2. The molecule has 0 saturated heterocycles. The van der Waals surface area contributed by atoms with E-state index >= 15 is 0 Å². The highest BCUT2D eigenvalue weighted by molar-refractivity contribution is 5.34. The molecule has 0 radical (unpaired) electrons. The second-order valence-corrected chi connectivity index (χ2v) is 2.58. The molecule has 2 aromatic rings. The van der Waals surface area contributed by atoms with E-state index in [0.717, 1.165) is 11.6 Å². The molecule has 0 fully saturated rings. The summed E-state index contributed by atoms with van der Waals surface area (Å²) in [6.45, 7) is 0. The Morgan fingerprint density at radius 1 is 1.31 bits per heavy atom. The fourth-order valence-electron chi connectivity index (χ4n) is 1.07. The molecular formula is C9H10N4. The number of pyridine rings is 1. The average molecular weight is 174 g/mol. The summed E-state index contributed by atoms with van der Waals surface area (Å²) in [6, 6.07) is 7.62. The second kappa shape index (κ2) is 3.26. The van der Waals surface area contributed by atoms with E-state index in [9.17, 15) is 0 Å². The lowest BCUT2D eigenvalue weighted by atomic mass is 10.5. The van der Waals surface area contributed by atoms with Gasteiger partial charge in [0.05, 0.1) is 0 Å². The van der Waals surface area contributed by atoms with Crippen molar-refractivity contribution in [1.82, 2.24) is 14.8 Å². The molecule has 0 aromatic carbocycles. The topological polar surface area (TPSA) is 42.7 Å². The first-order valence-corrected chi connectivity index (χ1v) is 4.05. The molecule has 1 N–H and O–H groups in total. The molecule has 0 aliphatic rings. The largest absolute Gasteiger partial charge is 0.372 e. The summed E-state index contributed by atoms with van der Waals surface area (Å²) in [7, 11) is 1.84. The predicted molar refractivity (Wildman–Crippen MR) is 50.9 cm³/mol. The monoisotopic (exact) mass is 174 g/mol. The van der Waals surface area contributed by atoms with Crippen LogP contribution in [-0.4, -0.2) is 21.8 Å². The van der Waals surface area contributed by atoms with Crippen molar-refractivity contribution in [2.75, 3.05) is 12.4 Å². The molecule has 0 aliphatic heterocycles. The Labute approximate surface area is 76.2 Å². The van der Waals surface area contributed by atoms with Crippen LogP contribution in [0.2, 0.25) is 0 Å². The second-order valence-electron chi connectivity index (χ2n) is 2.58. The minimum Gasteiger partial charge on any atom is -0.372 e. The van der Waals surface area contributed by atoms with Crippen molar-refractivity contribution >= 4 is 5.82 Å². The lowest BCUT2D eigenvalue weighted by molar-refractivity contribution is 0.849. The molecule has 0 aliphatic carbocycles. The van der Waals surface area contributed by atoms with Crippen LogP contribution in [0.5, 0.6) is 0 Å². The van der Waals surface area contributed by atoms with Gasteiger partial charge < -0.3 is 5.32 Å². The molecule has 0 bridgehead atoms. The highest BCUT2D eigenvalue weighted by Gasteiger charge is 1.98. The molecule has 0 unspecified atom stereocenters. The van der Waals surface area contributed by atoms with Gasteiger partial charge in [-0.2, -0.15) is 0 Å². The number of hydrogen-bond donors (Lipinski definition) is 1. The van der Waals surface area contributed by atoms with Gasteiger partial charge in [-0.1, -0.05) is 6.07 Å². The zero-order valence-electron chi connectivity index (χ0n) is 7.31. The molecule has 13 heavy (non-hydrogen) atoms. The Morgan fingerprint density at radius 3 is 2.85 bits per heavy atom. The number of aromatic nitrogens is 3. The molecule has 2 aromatic heterocycles. The molecule has 0 saturated carbocycles. The van der Waals surface area contributed by atoms with Gasteiger partial charge in [0.15, 0.2) is 5.82 Å². The van der Waals surface area contributed by atoms with E-state index in [1.54, 1.807) is 10.9 Å². The van der Waals surface area contributed by atoms with Crippen LogP contribution in [0.4, 0.5) is 5.82 Å². The number of anilines is 1. The van der Waals surface area contributed by atoms with E-state index in [-0.39, 0.29) is 0 Å².